The van der Waals surface area contributed by atoms with E-state index in [2.05, 4.69) is 19.9 Å². The Balaban J connectivity index is 1.71. The number of aromatic nitrogens is 5. The molecule has 0 saturated carbocycles. The number of hydrogen-bond donors (Lipinski definition) is 1. The number of hydrogen-bond acceptors (Lipinski definition) is 6. The molecule has 0 aliphatic rings. The number of benzene rings is 1. The van der Waals surface area contributed by atoms with Crippen molar-refractivity contribution >= 4 is 11.2 Å². The van der Waals surface area contributed by atoms with E-state index in [0.717, 1.165) is 16.8 Å². The van der Waals surface area contributed by atoms with Crippen molar-refractivity contribution in [2.75, 3.05) is 13.7 Å². The van der Waals surface area contributed by atoms with E-state index in [4.69, 9.17) is 9.47 Å². The molecule has 1 aromatic carbocycles. The normalized spacial score (nSPS) is 11.0. The SMILES string of the molecule is CCOc1cc(Cn2c(=O)[nH]c3cc(-c4nccc(C)n4)cnc32)ccc1OC. The van der Waals surface area contributed by atoms with Gasteiger partial charge < -0.3 is 14.5 Å². The number of rotatable bonds is 6. The van der Waals surface area contributed by atoms with Crippen LogP contribution in [0.3, 0.4) is 0 Å². The summed E-state index contributed by atoms with van der Waals surface area (Å²) in [6, 6.07) is 9.29. The Morgan fingerprint density at radius 2 is 2.00 bits per heavy atom. The van der Waals surface area contributed by atoms with Crippen molar-refractivity contribution in [3.05, 3.63) is 64.5 Å². The monoisotopic (exact) mass is 391 g/mol. The summed E-state index contributed by atoms with van der Waals surface area (Å²) in [5.74, 6) is 1.87. The van der Waals surface area contributed by atoms with Crippen LogP contribution in [0.25, 0.3) is 22.6 Å². The summed E-state index contributed by atoms with van der Waals surface area (Å²) in [5.41, 5.74) is 3.49. The number of methoxy groups -OCH3 is 1. The second-order valence-electron chi connectivity index (χ2n) is 6.55. The highest BCUT2D eigenvalue weighted by molar-refractivity contribution is 5.76. The van der Waals surface area contributed by atoms with Crippen LogP contribution in [0.15, 0.2) is 47.5 Å². The van der Waals surface area contributed by atoms with E-state index in [1.807, 2.05) is 44.2 Å². The molecule has 0 atom stereocenters. The highest BCUT2D eigenvalue weighted by Crippen LogP contribution is 2.28. The van der Waals surface area contributed by atoms with Crippen LogP contribution in [0.2, 0.25) is 0 Å². The zero-order valence-corrected chi connectivity index (χ0v) is 16.5. The van der Waals surface area contributed by atoms with Crippen molar-refractivity contribution < 1.29 is 9.47 Å². The maximum Gasteiger partial charge on any atom is 0.327 e. The van der Waals surface area contributed by atoms with Crippen molar-refractivity contribution in [3.63, 3.8) is 0 Å². The molecule has 0 aliphatic carbocycles. The van der Waals surface area contributed by atoms with Crippen LogP contribution >= 0.6 is 0 Å². The molecule has 3 heterocycles. The lowest BCUT2D eigenvalue weighted by molar-refractivity contribution is 0.310. The predicted octanol–water partition coefficient (Wildman–Crippen LogP) is 2.95. The summed E-state index contributed by atoms with van der Waals surface area (Å²) in [4.78, 5) is 28.6. The largest absolute Gasteiger partial charge is 0.493 e. The maximum atomic E-state index is 12.6. The molecule has 0 radical (unpaired) electrons. The van der Waals surface area contributed by atoms with Crippen LogP contribution < -0.4 is 15.2 Å². The summed E-state index contributed by atoms with van der Waals surface area (Å²) in [6.45, 7) is 4.70. The lowest BCUT2D eigenvalue weighted by Crippen LogP contribution is -2.17. The highest BCUT2D eigenvalue weighted by atomic mass is 16.5. The van der Waals surface area contributed by atoms with Gasteiger partial charge in [-0.15, -0.1) is 0 Å². The summed E-state index contributed by atoms with van der Waals surface area (Å²) >= 11 is 0. The molecular weight excluding hydrogens is 370 g/mol. The van der Waals surface area contributed by atoms with Gasteiger partial charge in [0.2, 0.25) is 0 Å². The molecule has 148 valence electrons. The fourth-order valence-electron chi connectivity index (χ4n) is 3.17. The second kappa shape index (κ2) is 7.75. The first-order valence-corrected chi connectivity index (χ1v) is 9.27. The molecule has 1 N–H and O–H groups in total. The van der Waals surface area contributed by atoms with Crippen molar-refractivity contribution in [3.8, 4) is 22.9 Å². The number of ether oxygens (including phenoxy) is 2. The Kier molecular flexibility index (Phi) is 4.99. The van der Waals surface area contributed by atoms with Crippen LogP contribution in [0.4, 0.5) is 0 Å². The first kappa shape index (κ1) is 18.7. The first-order valence-electron chi connectivity index (χ1n) is 9.27. The zero-order chi connectivity index (χ0) is 20.4. The van der Waals surface area contributed by atoms with Gasteiger partial charge in [-0.1, -0.05) is 6.07 Å². The quantitative estimate of drug-likeness (QED) is 0.543. The van der Waals surface area contributed by atoms with Gasteiger partial charge in [0.1, 0.15) is 0 Å². The molecule has 29 heavy (non-hydrogen) atoms. The van der Waals surface area contributed by atoms with E-state index in [1.54, 1.807) is 24.1 Å². The Labute approximate surface area is 167 Å². The molecule has 8 heteroatoms. The van der Waals surface area contributed by atoms with Crippen molar-refractivity contribution in [1.29, 1.82) is 0 Å². The molecule has 0 saturated heterocycles. The predicted molar refractivity (Wildman–Crippen MR) is 109 cm³/mol. The fourth-order valence-corrected chi connectivity index (χ4v) is 3.17. The number of aryl methyl sites for hydroxylation is 1. The second-order valence-corrected chi connectivity index (χ2v) is 6.55. The zero-order valence-electron chi connectivity index (χ0n) is 16.5. The average molecular weight is 391 g/mol. The number of nitrogens with zero attached hydrogens (tertiary/aromatic N) is 4. The molecule has 4 rings (SSSR count). The number of H-pyrrole nitrogens is 1. The molecular formula is C21H21N5O3. The third-order valence-corrected chi connectivity index (χ3v) is 4.53. The van der Waals surface area contributed by atoms with Crippen LogP contribution in [0.1, 0.15) is 18.2 Å². The van der Waals surface area contributed by atoms with Crippen molar-refractivity contribution in [1.82, 2.24) is 24.5 Å². The van der Waals surface area contributed by atoms with Crippen LogP contribution in [-0.4, -0.2) is 38.2 Å². The number of nitrogens with one attached hydrogen (secondary N) is 1. The van der Waals surface area contributed by atoms with E-state index < -0.39 is 0 Å². The Morgan fingerprint density at radius 1 is 1.14 bits per heavy atom. The van der Waals surface area contributed by atoms with Gasteiger partial charge in [0.25, 0.3) is 0 Å². The minimum Gasteiger partial charge on any atom is -0.493 e. The molecule has 0 bridgehead atoms. The van der Waals surface area contributed by atoms with E-state index in [0.29, 0.717) is 41.6 Å². The third kappa shape index (κ3) is 3.69. The van der Waals surface area contributed by atoms with Gasteiger partial charge in [0.15, 0.2) is 23.0 Å². The van der Waals surface area contributed by atoms with Crippen LogP contribution in [0, 0.1) is 6.92 Å². The van der Waals surface area contributed by atoms with Gasteiger partial charge in [-0.2, -0.15) is 0 Å². The number of pyridine rings is 1. The average Bonchev–Trinajstić information content (AvgIpc) is 3.03. The van der Waals surface area contributed by atoms with Gasteiger partial charge in [0, 0.05) is 23.7 Å². The molecule has 0 spiro atoms. The van der Waals surface area contributed by atoms with E-state index in [1.165, 1.54) is 0 Å². The van der Waals surface area contributed by atoms with Gasteiger partial charge in [0.05, 0.1) is 25.8 Å². The first-order chi connectivity index (χ1) is 14.1. The third-order valence-electron chi connectivity index (χ3n) is 4.53. The van der Waals surface area contributed by atoms with Gasteiger partial charge in [-0.3, -0.25) is 4.57 Å². The van der Waals surface area contributed by atoms with Crippen molar-refractivity contribution in [2.24, 2.45) is 0 Å². The molecule has 0 fully saturated rings. The van der Waals surface area contributed by atoms with Gasteiger partial charge in [-0.25, -0.2) is 19.7 Å². The highest BCUT2D eigenvalue weighted by Gasteiger charge is 2.13. The maximum absolute atomic E-state index is 12.6. The summed E-state index contributed by atoms with van der Waals surface area (Å²) in [5, 5.41) is 0. The molecule has 8 nitrogen and oxygen atoms in total. The van der Waals surface area contributed by atoms with Crippen molar-refractivity contribution in [2.45, 2.75) is 20.4 Å². The number of fused-ring (bicyclic) bond motifs is 1. The molecule has 0 amide bonds. The Hall–Kier alpha value is -3.68. The van der Waals surface area contributed by atoms with Gasteiger partial charge >= 0.3 is 5.69 Å². The smallest absolute Gasteiger partial charge is 0.327 e. The molecule has 4 aromatic rings. The summed E-state index contributed by atoms with van der Waals surface area (Å²) < 4.78 is 12.5. The fraction of sp³-hybridized carbons (Fsp3) is 0.238. The number of imidazole rings is 1. The summed E-state index contributed by atoms with van der Waals surface area (Å²) in [6.07, 6.45) is 3.38. The summed E-state index contributed by atoms with van der Waals surface area (Å²) in [7, 11) is 1.60. The topological polar surface area (TPSA) is 94.9 Å². The molecule has 3 aromatic heterocycles. The van der Waals surface area contributed by atoms with E-state index in [-0.39, 0.29) is 5.69 Å². The Bertz CT molecular complexity index is 1230. The van der Waals surface area contributed by atoms with Crippen LogP contribution in [0.5, 0.6) is 11.5 Å². The van der Waals surface area contributed by atoms with E-state index in [9.17, 15) is 4.79 Å². The minimum atomic E-state index is -0.233. The van der Waals surface area contributed by atoms with E-state index >= 15 is 0 Å². The Morgan fingerprint density at radius 3 is 2.76 bits per heavy atom. The lowest BCUT2D eigenvalue weighted by Gasteiger charge is -2.11. The molecule has 0 unspecified atom stereocenters. The lowest BCUT2D eigenvalue weighted by atomic mass is 10.2. The number of aromatic amines is 1. The minimum absolute atomic E-state index is 0.233. The van der Waals surface area contributed by atoms with Gasteiger partial charge in [-0.05, 0) is 43.7 Å². The molecule has 0 aliphatic heterocycles. The standard InChI is InChI=1S/C21H21N5O3/c1-4-29-18-9-14(5-6-17(18)28-3)12-26-20-16(25-21(26)27)10-15(11-23-20)19-22-8-7-13(2)24-19/h5-11H,4,12H2,1-3H3,(H,25,27). The van der Waals surface area contributed by atoms with Crippen LogP contribution in [-0.2, 0) is 6.54 Å².